The van der Waals surface area contributed by atoms with Crippen LogP contribution < -0.4 is 5.73 Å². The van der Waals surface area contributed by atoms with E-state index >= 15 is 0 Å². The number of rotatable bonds is 2. The van der Waals surface area contributed by atoms with Gasteiger partial charge in [-0.25, -0.2) is 19.2 Å². The van der Waals surface area contributed by atoms with Gasteiger partial charge in [-0.05, 0) is 40.8 Å². The van der Waals surface area contributed by atoms with Gasteiger partial charge in [0, 0.05) is 9.13 Å². The van der Waals surface area contributed by atoms with Gasteiger partial charge in [0.1, 0.15) is 5.82 Å². The van der Waals surface area contributed by atoms with Gasteiger partial charge in [-0.15, -0.1) is 0 Å². The molecule has 4 N–H and O–H groups in total. The normalized spacial score (nSPS) is 10.4. The molecule has 98 valence electrons. The molecule has 1 aromatic heterocycles. The van der Waals surface area contributed by atoms with Crippen molar-refractivity contribution in [3.05, 3.63) is 33.3 Å². The minimum Gasteiger partial charge on any atom is -0.503 e. The Morgan fingerprint density at radius 3 is 2.63 bits per heavy atom. The van der Waals surface area contributed by atoms with Crippen LogP contribution in [0, 0.1) is 9.39 Å². The number of anilines is 1. The standard InChI is InChI=1S/C11H7FIN3O3/c12-5-3-4(1-2-6(5)13)10-15-7(11(18)19)8(17)9(14)16-10/h1-3,17H,(H,18,19)(H2,14,15,16). The van der Waals surface area contributed by atoms with Crippen LogP contribution in [0.1, 0.15) is 10.5 Å². The third-order valence-corrected chi connectivity index (χ3v) is 3.17. The fourth-order valence-corrected chi connectivity index (χ4v) is 1.72. The molecule has 1 heterocycles. The molecule has 2 rings (SSSR count). The summed E-state index contributed by atoms with van der Waals surface area (Å²) in [5, 5.41) is 18.3. The first-order valence-electron chi connectivity index (χ1n) is 4.95. The predicted octanol–water partition coefficient (Wildman–Crippen LogP) is 1.87. The molecule has 0 radical (unpaired) electrons. The molecule has 0 fully saturated rings. The molecular weight excluding hydrogens is 368 g/mol. The molecule has 19 heavy (non-hydrogen) atoms. The van der Waals surface area contributed by atoms with Gasteiger partial charge in [-0.1, -0.05) is 0 Å². The molecule has 0 bridgehead atoms. The lowest BCUT2D eigenvalue weighted by Crippen LogP contribution is -2.07. The molecule has 2 aromatic rings. The fourth-order valence-electron chi connectivity index (χ4n) is 1.39. The lowest BCUT2D eigenvalue weighted by Gasteiger charge is -2.06. The Morgan fingerprint density at radius 1 is 1.37 bits per heavy atom. The van der Waals surface area contributed by atoms with E-state index in [2.05, 4.69) is 9.97 Å². The fraction of sp³-hybridized carbons (Fsp3) is 0. The third kappa shape index (κ3) is 2.57. The molecule has 0 unspecified atom stereocenters. The Balaban J connectivity index is 2.62. The number of hydrogen-bond acceptors (Lipinski definition) is 5. The predicted molar refractivity (Wildman–Crippen MR) is 73.2 cm³/mol. The number of benzene rings is 1. The van der Waals surface area contributed by atoms with Crippen LogP contribution in [0.4, 0.5) is 10.2 Å². The van der Waals surface area contributed by atoms with Crippen molar-refractivity contribution in [2.24, 2.45) is 0 Å². The van der Waals surface area contributed by atoms with Crippen molar-refractivity contribution in [1.82, 2.24) is 9.97 Å². The lowest BCUT2D eigenvalue weighted by atomic mass is 10.2. The van der Waals surface area contributed by atoms with Crippen molar-refractivity contribution < 1.29 is 19.4 Å². The molecule has 0 spiro atoms. The second kappa shape index (κ2) is 4.96. The quantitative estimate of drug-likeness (QED) is 0.692. The van der Waals surface area contributed by atoms with Crippen LogP contribution >= 0.6 is 22.6 Å². The molecule has 0 aliphatic carbocycles. The minimum absolute atomic E-state index is 0.0667. The summed E-state index contributed by atoms with van der Waals surface area (Å²) in [5.41, 5.74) is 5.05. The number of halogens is 2. The van der Waals surface area contributed by atoms with E-state index in [1.807, 2.05) is 22.6 Å². The van der Waals surface area contributed by atoms with Gasteiger partial charge >= 0.3 is 5.97 Å². The summed E-state index contributed by atoms with van der Waals surface area (Å²) in [6.07, 6.45) is 0. The molecule has 1 aromatic carbocycles. The number of aromatic hydroxyl groups is 1. The number of nitrogens with zero attached hydrogens (tertiary/aromatic N) is 2. The smallest absolute Gasteiger partial charge is 0.358 e. The van der Waals surface area contributed by atoms with Crippen molar-refractivity contribution in [2.45, 2.75) is 0 Å². The van der Waals surface area contributed by atoms with Crippen LogP contribution in [0.15, 0.2) is 18.2 Å². The van der Waals surface area contributed by atoms with Gasteiger partial charge in [-0.2, -0.15) is 0 Å². The second-order valence-corrected chi connectivity index (χ2v) is 4.73. The van der Waals surface area contributed by atoms with E-state index in [1.54, 1.807) is 0 Å². The third-order valence-electron chi connectivity index (χ3n) is 2.29. The van der Waals surface area contributed by atoms with Crippen molar-refractivity contribution in [3.63, 3.8) is 0 Å². The van der Waals surface area contributed by atoms with Crippen LogP contribution in [-0.4, -0.2) is 26.2 Å². The van der Waals surface area contributed by atoms with Gasteiger partial charge in [-0.3, -0.25) is 0 Å². The van der Waals surface area contributed by atoms with Gasteiger partial charge < -0.3 is 15.9 Å². The number of hydrogen-bond donors (Lipinski definition) is 3. The van der Waals surface area contributed by atoms with Crippen molar-refractivity contribution in [2.75, 3.05) is 5.73 Å². The van der Waals surface area contributed by atoms with Crippen molar-refractivity contribution in [3.8, 4) is 17.1 Å². The van der Waals surface area contributed by atoms with Crippen LogP contribution in [0.2, 0.25) is 0 Å². The number of nitrogens with two attached hydrogens (primary N) is 1. The Morgan fingerprint density at radius 2 is 2.05 bits per heavy atom. The average molecular weight is 375 g/mol. The van der Waals surface area contributed by atoms with E-state index in [-0.39, 0.29) is 17.2 Å². The van der Waals surface area contributed by atoms with Gasteiger partial charge in [0.25, 0.3) is 0 Å². The number of carboxylic acid groups (broad SMARTS) is 1. The van der Waals surface area contributed by atoms with E-state index < -0.39 is 23.2 Å². The first-order valence-corrected chi connectivity index (χ1v) is 6.03. The molecule has 0 saturated carbocycles. The van der Waals surface area contributed by atoms with Crippen LogP contribution in [-0.2, 0) is 0 Å². The Kier molecular flexibility index (Phi) is 3.51. The minimum atomic E-state index is -1.45. The van der Waals surface area contributed by atoms with Gasteiger partial charge in [0.2, 0.25) is 0 Å². The van der Waals surface area contributed by atoms with Crippen LogP contribution in [0.3, 0.4) is 0 Å². The first-order chi connectivity index (χ1) is 8.90. The highest BCUT2D eigenvalue weighted by atomic mass is 127. The van der Waals surface area contributed by atoms with Crippen molar-refractivity contribution >= 4 is 34.4 Å². The Labute approximate surface area is 120 Å². The van der Waals surface area contributed by atoms with Gasteiger partial charge in [0.05, 0.1) is 0 Å². The Hall–Kier alpha value is -1.97. The summed E-state index contributed by atoms with van der Waals surface area (Å²) >= 11 is 1.82. The summed E-state index contributed by atoms with van der Waals surface area (Å²) in [4.78, 5) is 18.3. The molecule has 6 nitrogen and oxygen atoms in total. The van der Waals surface area contributed by atoms with E-state index in [4.69, 9.17) is 10.8 Å². The number of aromatic nitrogens is 2. The maximum atomic E-state index is 13.4. The maximum absolute atomic E-state index is 13.4. The topological polar surface area (TPSA) is 109 Å². The number of nitrogen functional groups attached to an aromatic ring is 1. The SMILES string of the molecule is Nc1nc(-c2ccc(I)c(F)c2)nc(C(=O)O)c1O. The van der Waals surface area contributed by atoms with E-state index in [9.17, 15) is 14.3 Å². The number of carboxylic acids is 1. The summed E-state index contributed by atoms with van der Waals surface area (Å²) in [7, 11) is 0. The van der Waals surface area contributed by atoms with E-state index in [0.29, 0.717) is 3.57 Å². The molecule has 0 saturated heterocycles. The highest BCUT2D eigenvalue weighted by molar-refractivity contribution is 14.1. The first kappa shape index (κ1) is 13.5. The maximum Gasteiger partial charge on any atom is 0.358 e. The second-order valence-electron chi connectivity index (χ2n) is 3.56. The summed E-state index contributed by atoms with van der Waals surface area (Å²) < 4.78 is 13.9. The largest absolute Gasteiger partial charge is 0.503 e. The highest BCUT2D eigenvalue weighted by Gasteiger charge is 2.18. The number of aromatic carboxylic acids is 1. The average Bonchev–Trinajstić information content (AvgIpc) is 2.35. The summed E-state index contributed by atoms with van der Waals surface area (Å²) in [6.45, 7) is 0. The van der Waals surface area contributed by atoms with Crippen LogP contribution in [0.25, 0.3) is 11.4 Å². The molecule has 0 atom stereocenters. The van der Waals surface area contributed by atoms with Crippen LogP contribution in [0.5, 0.6) is 5.75 Å². The van der Waals surface area contributed by atoms with Crippen molar-refractivity contribution in [1.29, 1.82) is 0 Å². The highest BCUT2D eigenvalue weighted by Crippen LogP contribution is 2.26. The molecule has 0 aliphatic heterocycles. The molecular formula is C11H7FIN3O3. The molecule has 0 aliphatic rings. The van der Waals surface area contributed by atoms with E-state index in [0.717, 1.165) is 0 Å². The monoisotopic (exact) mass is 375 g/mol. The zero-order valence-electron chi connectivity index (χ0n) is 9.26. The van der Waals surface area contributed by atoms with E-state index in [1.165, 1.54) is 18.2 Å². The number of carbonyl (C=O) groups is 1. The molecule has 8 heteroatoms. The zero-order valence-corrected chi connectivity index (χ0v) is 11.4. The Bertz CT molecular complexity index is 678. The summed E-state index contributed by atoms with van der Waals surface area (Å²) in [6, 6.07) is 4.19. The van der Waals surface area contributed by atoms with Gasteiger partial charge in [0.15, 0.2) is 23.1 Å². The summed E-state index contributed by atoms with van der Waals surface area (Å²) in [5.74, 6) is -3.07. The zero-order chi connectivity index (χ0) is 14.2. The molecule has 0 amide bonds. The lowest BCUT2D eigenvalue weighted by molar-refractivity contribution is 0.0687.